The molecule has 142 valence electrons. The molecule has 3 heteroatoms. The van der Waals surface area contributed by atoms with Crippen LogP contribution in [0.3, 0.4) is 0 Å². The average Bonchev–Trinajstić information content (AvgIpc) is 3.02. The minimum absolute atomic E-state index is 0.535. The van der Waals surface area contributed by atoms with Crippen molar-refractivity contribution >= 4 is 16.5 Å². The molecule has 0 unspecified atom stereocenters. The lowest BCUT2D eigenvalue weighted by molar-refractivity contribution is 0.134. The lowest BCUT2D eigenvalue weighted by atomic mass is 10.0. The number of nitrogens with zero attached hydrogens (tertiary/aromatic N) is 1. The van der Waals surface area contributed by atoms with Gasteiger partial charge in [-0.15, -0.1) is 6.58 Å². The first-order valence-electron chi connectivity index (χ1n) is 9.66. The van der Waals surface area contributed by atoms with Crippen LogP contribution in [0.1, 0.15) is 57.1 Å². The number of ether oxygens (including phenoxy) is 2. The Hall–Kier alpha value is -2.00. The molecule has 0 aliphatic heterocycles. The molecule has 1 aromatic heterocycles. The highest BCUT2D eigenvalue weighted by molar-refractivity contribution is 5.86. The van der Waals surface area contributed by atoms with Gasteiger partial charge in [-0.25, -0.2) is 0 Å². The van der Waals surface area contributed by atoms with Crippen molar-refractivity contribution in [2.75, 3.05) is 14.2 Å². The van der Waals surface area contributed by atoms with E-state index in [1.807, 2.05) is 12.1 Å². The monoisotopic (exact) mass is 355 g/mol. The Morgan fingerprint density at radius 2 is 1.77 bits per heavy atom. The first-order valence-corrected chi connectivity index (χ1v) is 9.66. The van der Waals surface area contributed by atoms with Gasteiger partial charge in [0.15, 0.2) is 0 Å². The zero-order valence-electron chi connectivity index (χ0n) is 16.4. The third kappa shape index (κ3) is 5.50. The van der Waals surface area contributed by atoms with Crippen molar-refractivity contribution in [2.24, 2.45) is 0 Å². The predicted molar refractivity (Wildman–Crippen MR) is 112 cm³/mol. The van der Waals surface area contributed by atoms with E-state index in [0.29, 0.717) is 6.73 Å². The Kier molecular flexibility index (Phi) is 8.49. The fourth-order valence-electron chi connectivity index (χ4n) is 3.40. The third-order valence-electron chi connectivity index (χ3n) is 4.87. The molecule has 0 saturated heterocycles. The van der Waals surface area contributed by atoms with Gasteiger partial charge in [0.2, 0.25) is 0 Å². The SMILES string of the molecule is C=CCCCCCCCCC(=C)c1cc2cc(OC)ccc2n1COC. The van der Waals surface area contributed by atoms with Crippen molar-refractivity contribution in [3.05, 3.63) is 49.2 Å². The van der Waals surface area contributed by atoms with Crippen molar-refractivity contribution in [1.29, 1.82) is 0 Å². The van der Waals surface area contributed by atoms with Crippen LogP contribution in [0.25, 0.3) is 16.5 Å². The Balaban J connectivity index is 1.93. The quantitative estimate of drug-likeness (QED) is 0.299. The molecule has 0 atom stereocenters. The van der Waals surface area contributed by atoms with E-state index in [2.05, 4.69) is 35.9 Å². The highest BCUT2D eigenvalue weighted by Gasteiger charge is 2.12. The molecule has 0 spiro atoms. The van der Waals surface area contributed by atoms with Gasteiger partial charge in [-0.05, 0) is 55.5 Å². The van der Waals surface area contributed by atoms with E-state index in [1.165, 1.54) is 55.2 Å². The maximum absolute atomic E-state index is 5.42. The molecular weight excluding hydrogens is 322 g/mol. The van der Waals surface area contributed by atoms with Crippen LogP contribution in [0.5, 0.6) is 5.75 Å². The smallest absolute Gasteiger partial charge is 0.123 e. The molecule has 26 heavy (non-hydrogen) atoms. The lowest BCUT2D eigenvalue weighted by Gasteiger charge is -2.12. The van der Waals surface area contributed by atoms with Crippen molar-refractivity contribution in [3.8, 4) is 5.75 Å². The number of hydrogen-bond acceptors (Lipinski definition) is 2. The summed E-state index contributed by atoms with van der Waals surface area (Å²) in [6.45, 7) is 8.65. The summed E-state index contributed by atoms with van der Waals surface area (Å²) in [5.74, 6) is 0.876. The molecule has 0 aliphatic carbocycles. The second-order valence-corrected chi connectivity index (χ2v) is 6.85. The summed E-state index contributed by atoms with van der Waals surface area (Å²) in [7, 11) is 3.43. The number of unbranched alkanes of at least 4 members (excludes halogenated alkanes) is 6. The molecule has 1 aromatic carbocycles. The minimum Gasteiger partial charge on any atom is -0.497 e. The van der Waals surface area contributed by atoms with Crippen LogP contribution in [-0.4, -0.2) is 18.8 Å². The predicted octanol–water partition coefficient (Wildman–Crippen LogP) is 6.57. The molecular formula is C23H33NO2. The Bertz CT molecular complexity index is 714. The fourth-order valence-corrected chi connectivity index (χ4v) is 3.40. The van der Waals surface area contributed by atoms with Crippen molar-refractivity contribution in [2.45, 2.75) is 58.1 Å². The third-order valence-corrected chi connectivity index (χ3v) is 4.87. The van der Waals surface area contributed by atoms with Crippen LogP contribution in [0, 0.1) is 0 Å². The summed E-state index contributed by atoms with van der Waals surface area (Å²) in [5.41, 5.74) is 3.51. The number of allylic oxidation sites excluding steroid dienone is 2. The first kappa shape index (κ1) is 20.3. The first-order chi connectivity index (χ1) is 12.7. The van der Waals surface area contributed by atoms with Crippen LogP contribution in [-0.2, 0) is 11.5 Å². The Morgan fingerprint density at radius 1 is 1.04 bits per heavy atom. The van der Waals surface area contributed by atoms with Crippen LogP contribution >= 0.6 is 0 Å². The number of hydrogen-bond donors (Lipinski definition) is 0. The Labute approximate surface area is 158 Å². The van der Waals surface area contributed by atoms with E-state index in [-0.39, 0.29) is 0 Å². The average molecular weight is 356 g/mol. The molecule has 2 rings (SSSR count). The van der Waals surface area contributed by atoms with Gasteiger partial charge in [-0.3, -0.25) is 0 Å². The highest BCUT2D eigenvalue weighted by Crippen LogP contribution is 2.30. The van der Waals surface area contributed by atoms with Crippen molar-refractivity contribution in [3.63, 3.8) is 0 Å². The number of fused-ring (bicyclic) bond motifs is 1. The van der Waals surface area contributed by atoms with Crippen LogP contribution in [0.4, 0.5) is 0 Å². The number of methoxy groups -OCH3 is 2. The largest absolute Gasteiger partial charge is 0.497 e. The van der Waals surface area contributed by atoms with E-state index < -0.39 is 0 Å². The summed E-state index contributed by atoms with van der Waals surface area (Å²) < 4.78 is 13.0. The number of aromatic nitrogens is 1. The fraction of sp³-hybridized carbons (Fsp3) is 0.478. The molecule has 0 N–H and O–H groups in total. The van der Waals surface area contributed by atoms with E-state index in [1.54, 1.807) is 14.2 Å². The van der Waals surface area contributed by atoms with E-state index in [4.69, 9.17) is 9.47 Å². The molecule has 0 saturated carbocycles. The van der Waals surface area contributed by atoms with E-state index in [9.17, 15) is 0 Å². The molecule has 0 aliphatic rings. The van der Waals surface area contributed by atoms with Crippen LogP contribution in [0.15, 0.2) is 43.5 Å². The van der Waals surface area contributed by atoms with Gasteiger partial charge in [0.1, 0.15) is 12.5 Å². The molecule has 0 amide bonds. The van der Waals surface area contributed by atoms with Gasteiger partial charge in [0, 0.05) is 18.2 Å². The normalized spacial score (nSPS) is 11.0. The summed E-state index contributed by atoms with van der Waals surface area (Å²) in [5, 5.41) is 1.17. The van der Waals surface area contributed by atoms with Crippen LogP contribution in [0.2, 0.25) is 0 Å². The van der Waals surface area contributed by atoms with E-state index >= 15 is 0 Å². The van der Waals surface area contributed by atoms with Gasteiger partial charge in [-0.2, -0.15) is 0 Å². The second kappa shape index (κ2) is 10.9. The molecule has 2 aromatic rings. The molecule has 0 bridgehead atoms. The van der Waals surface area contributed by atoms with Gasteiger partial charge >= 0.3 is 0 Å². The van der Waals surface area contributed by atoms with Gasteiger partial charge in [0.25, 0.3) is 0 Å². The molecule has 0 radical (unpaired) electrons. The molecule has 0 fully saturated rings. The van der Waals surface area contributed by atoms with Crippen molar-refractivity contribution in [1.82, 2.24) is 4.57 Å². The standard InChI is InChI=1S/C23H33NO2/c1-5-6-7-8-9-10-11-12-13-19(2)23-17-20-16-21(26-4)14-15-22(20)24(23)18-25-3/h5,14-17H,1-2,6-13,18H2,3-4H3. The summed E-state index contributed by atoms with van der Waals surface area (Å²) in [6, 6.07) is 8.36. The summed E-state index contributed by atoms with van der Waals surface area (Å²) in [4.78, 5) is 0. The lowest BCUT2D eigenvalue weighted by Crippen LogP contribution is -2.03. The minimum atomic E-state index is 0.535. The zero-order valence-corrected chi connectivity index (χ0v) is 16.4. The van der Waals surface area contributed by atoms with Gasteiger partial charge < -0.3 is 14.0 Å². The maximum atomic E-state index is 5.42. The summed E-state index contributed by atoms with van der Waals surface area (Å²) >= 11 is 0. The van der Waals surface area contributed by atoms with Crippen molar-refractivity contribution < 1.29 is 9.47 Å². The van der Waals surface area contributed by atoms with Gasteiger partial charge in [0.05, 0.1) is 12.6 Å². The Morgan fingerprint density at radius 3 is 2.46 bits per heavy atom. The topological polar surface area (TPSA) is 23.4 Å². The second-order valence-electron chi connectivity index (χ2n) is 6.85. The summed E-state index contributed by atoms with van der Waals surface area (Å²) in [6.07, 6.45) is 11.9. The van der Waals surface area contributed by atoms with Crippen LogP contribution < -0.4 is 4.74 Å². The molecule has 1 heterocycles. The maximum Gasteiger partial charge on any atom is 0.123 e. The number of rotatable bonds is 13. The highest BCUT2D eigenvalue weighted by atomic mass is 16.5. The number of benzene rings is 1. The zero-order chi connectivity index (χ0) is 18.8. The molecule has 3 nitrogen and oxygen atoms in total. The van der Waals surface area contributed by atoms with E-state index in [0.717, 1.165) is 24.1 Å². The van der Waals surface area contributed by atoms with Gasteiger partial charge in [-0.1, -0.05) is 38.3 Å².